The first kappa shape index (κ1) is 20.9. The first-order valence-electron chi connectivity index (χ1n) is 9.47. The molecule has 3 rings (SSSR count). The maximum atomic E-state index is 12.3. The number of rotatable bonds is 7. The molecule has 1 N–H and O–H groups in total. The van der Waals surface area contributed by atoms with Crippen LogP contribution >= 0.6 is 0 Å². The number of benzene rings is 2. The second-order valence-corrected chi connectivity index (χ2v) is 8.93. The van der Waals surface area contributed by atoms with E-state index in [2.05, 4.69) is 5.32 Å². The van der Waals surface area contributed by atoms with Crippen molar-refractivity contribution in [2.75, 3.05) is 29.6 Å². The van der Waals surface area contributed by atoms with Crippen LogP contribution in [0.25, 0.3) is 0 Å². The van der Waals surface area contributed by atoms with Gasteiger partial charge in [0.2, 0.25) is 11.8 Å². The first-order chi connectivity index (χ1) is 13.9. The van der Waals surface area contributed by atoms with E-state index in [4.69, 9.17) is 4.74 Å². The molecule has 154 valence electrons. The number of ether oxygens (including phenoxy) is 1. The van der Waals surface area contributed by atoms with Gasteiger partial charge in [0, 0.05) is 25.1 Å². The van der Waals surface area contributed by atoms with Crippen molar-refractivity contribution < 1.29 is 22.7 Å². The molecule has 0 radical (unpaired) electrons. The summed E-state index contributed by atoms with van der Waals surface area (Å²) in [5.74, 6) is -0.126. The highest BCUT2D eigenvalue weighted by Gasteiger charge is 2.23. The number of methoxy groups -OCH3 is 1. The Morgan fingerprint density at radius 3 is 2.59 bits per heavy atom. The Bertz CT molecular complexity index is 989. The molecular formula is C21H24N2O5S. The van der Waals surface area contributed by atoms with E-state index in [0.29, 0.717) is 30.1 Å². The summed E-state index contributed by atoms with van der Waals surface area (Å²) >= 11 is 0. The number of hydrogen-bond donors (Lipinski definition) is 1. The van der Waals surface area contributed by atoms with Crippen molar-refractivity contribution in [3.63, 3.8) is 0 Å². The third kappa shape index (κ3) is 5.14. The van der Waals surface area contributed by atoms with E-state index in [9.17, 15) is 18.0 Å². The number of piperidine rings is 1. The number of nitrogens with zero attached hydrogens (tertiary/aromatic N) is 1. The number of carbonyl (C=O) groups excluding carboxylic acids is 2. The van der Waals surface area contributed by atoms with Gasteiger partial charge in [0.1, 0.15) is 5.75 Å². The molecule has 1 saturated heterocycles. The minimum Gasteiger partial charge on any atom is -0.495 e. The summed E-state index contributed by atoms with van der Waals surface area (Å²) in [5.41, 5.74) is 1.09. The van der Waals surface area contributed by atoms with Crippen LogP contribution < -0.4 is 15.0 Å². The van der Waals surface area contributed by atoms with E-state index in [1.165, 1.54) is 19.2 Å². The van der Waals surface area contributed by atoms with E-state index in [1.807, 2.05) is 0 Å². The topological polar surface area (TPSA) is 92.8 Å². The van der Waals surface area contributed by atoms with Crippen LogP contribution in [0.5, 0.6) is 5.75 Å². The summed E-state index contributed by atoms with van der Waals surface area (Å²) in [6, 6.07) is 13.1. The molecular weight excluding hydrogens is 392 g/mol. The standard InChI is InChI=1S/C21H24N2O5S/c1-28-19-11-10-16(15-18(19)23-13-6-5-9-21(23)25)22-20(24)12-14-29(26,27)17-7-3-2-4-8-17/h2-4,7-8,10-11,15H,5-6,9,12-14H2,1H3,(H,22,24). The van der Waals surface area contributed by atoms with E-state index < -0.39 is 15.7 Å². The molecule has 1 heterocycles. The Labute approximate surface area is 170 Å². The maximum Gasteiger partial charge on any atom is 0.227 e. The quantitative estimate of drug-likeness (QED) is 0.749. The van der Waals surface area contributed by atoms with Gasteiger partial charge in [-0.3, -0.25) is 9.59 Å². The van der Waals surface area contributed by atoms with Crippen LogP contribution in [0.2, 0.25) is 0 Å². The smallest absolute Gasteiger partial charge is 0.227 e. The summed E-state index contributed by atoms with van der Waals surface area (Å²) in [6.07, 6.45) is 2.09. The number of anilines is 2. The SMILES string of the molecule is COc1ccc(NC(=O)CCS(=O)(=O)c2ccccc2)cc1N1CCCCC1=O. The fourth-order valence-electron chi connectivity index (χ4n) is 3.24. The summed E-state index contributed by atoms with van der Waals surface area (Å²) < 4.78 is 30.0. The minimum absolute atomic E-state index is 0.0204. The van der Waals surface area contributed by atoms with Gasteiger partial charge < -0.3 is 15.0 Å². The van der Waals surface area contributed by atoms with Crippen LogP contribution in [0.3, 0.4) is 0 Å². The zero-order chi connectivity index (χ0) is 20.9. The molecule has 1 fully saturated rings. The average Bonchev–Trinajstić information content (AvgIpc) is 2.73. The lowest BCUT2D eigenvalue weighted by Gasteiger charge is -2.28. The van der Waals surface area contributed by atoms with Gasteiger partial charge in [0.15, 0.2) is 9.84 Å². The Morgan fingerprint density at radius 1 is 1.14 bits per heavy atom. The van der Waals surface area contributed by atoms with Gasteiger partial charge in [-0.25, -0.2) is 8.42 Å². The molecule has 2 aromatic rings. The summed E-state index contributed by atoms with van der Waals surface area (Å²) in [7, 11) is -2.00. The Hall–Kier alpha value is -2.87. The number of sulfone groups is 1. The highest BCUT2D eigenvalue weighted by atomic mass is 32.2. The summed E-state index contributed by atoms with van der Waals surface area (Å²) in [5, 5.41) is 2.71. The van der Waals surface area contributed by atoms with Crippen LogP contribution in [0, 0.1) is 0 Å². The van der Waals surface area contributed by atoms with E-state index in [1.54, 1.807) is 41.3 Å². The predicted octanol–water partition coefficient (Wildman–Crippen LogP) is 3.01. The molecule has 0 saturated carbocycles. The fraction of sp³-hybridized carbons (Fsp3) is 0.333. The molecule has 0 spiro atoms. The van der Waals surface area contributed by atoms with Crippen molar-refractivity contribution in [2.45, 2.75) is 30.6 Å². The highest BCUT2D eigenvalue weighted by Crippen LogP contribution is 2.33. The van der Waals surface area contributed by atoms with Crippen molar-refractivity contribution in [1.29, 1.82) is 0 Å². The normalized spacial score (nSPS) is 14.5. The monoisotopic (exact) mass is 416 g/mol. The molecule has 0 aliphatic carbocycles. The van der Waals surface area contributed by atoms with E-state index in [0.717, 1.165) is 12.8 Å². The van der Waals surface area contributed by atoms with Crippen molar-refractivity contribution >= 4 is 33.0 Å². The van der Waals surface area contributed by atoms with Crippen molar-refractivity contribution in [1.82, 2.24) is 0 Å². The van der Waals surface area contributed by atoms with Gasteiger partial charge in [0.25, 0.3) is 0 Å². The molecule has 1 aliphatic rings. The van der Waals surface area contributed by atoms with Gasteiger partial charge in [-0.1, -0.05) is 18.2 Å². The molecule has 0 atom stereocenters. The number of hydrogen-bond acceptors (Lipinski definition) is 5. The predicted molar refractivity (Wildman–Crippen MR) is 111 cm³/mol. The van der Waals surface area contributed by atoms with Gasteiger partial charge in [-0.2, -0.15) is 0 Å². The molecule has 29 heavy (non-hydrogen) atoms. The Kier molecular flexibility index (Phi) is 6.53. The second kappa shape index (κ2) is 9.09. The lowest BCUT2D eigenvalue weighted by atomic mass is 10.1. The lowest BCUT2D eigenvalue weighted by molar-refractivity contribution is -0.119. The second-order valence-electron chi connectivity index (χ2n) is 6.82. The third-order valence-corrected chi connectivity index (χ3v) is 6.51. The van der Waals surface area contributed by atoms with Crippen molar-refractivity contribution in [3.8, 4) is 5.75 Å². The zero-order valence-corrected chi connectivity index (χ0v) is 17.1. The van der Waals surface area contributed by atoms with E-state index >= 15 is 0 Å². The van der Waals surface area contributed by atoms with Crippen molar-refractivity contribution in [3.05, 3.63) is 48.5 Å². The molecule has 1 aliphatic heterocycles. The molecule has 0 aromatic heterocycles. The third-order valence-electron chi connectivity index (χ3n) is 4.78. The van der Waals surface area contributed by atoms with Crippen LogP contribution in [0.4, 0.5) is 11.4 Å². The maximum absolute atomic E-state index is 12.3. The minimum atomic E-state index is -3.52. The first-order valence-corrected chi connectivity index (χ1v) is 11.1. The fourth-order valence-corrected chi connectivity index (χ4v) is 4.50. The molecule has 7 nitrogen and oxygen atoms in total. The van der Waals surface area contributed by atoms with Gasteiger partial charge >= 0.3 is 0 Å². The summed E-state index contributed by atoms with van der Waals surface area (Å²) in [6.45, 7) is 0.599. The molecule has 2 amide bonds. The molecule has 0 unspecified atom stereocenters. The number of amides is 2. The van der Waals surface area contributed by atoms with Gasteiger partial charge in [0.05, 0.1) is 23.4 Å². The van der Waals surface area contributed by atoms with Gasteiger partial charge in [-0.15, -0.1) is 0 Å². The molecule has 2 aromatic carbocycles. The highest BCUT2D eigenvalue weighted by molar-refractivity contribution is 7.91. The van der Waals surface area contributed by atoms with Crippen molar-refractivity contribution in [2.24, 2.45) is 0 Å². The van der Waals surface area contributed by atoms with Crippen LogP contribution in [0.15, 0.2) is 53.4 Å². The zero-order valence-electron chi connectivity index (χ0n) is 16.3. The van der Waals surface area contributed by atoms with Crippen LogP contribution in [-0.2, 0) is 19.4 Å². The Balaban J connectivity index is 1.69. The molecule has 8 heteroatoms. The van der Waals surface area contributed by atoms with Crippen LogP contribution in [0.1, 0.15) is 25.7 Å². The van der Waals surface area contributed by atoms with Crippen LogP contribution in [-0.4, -0.2) is 39.6 Å². The largest absolute Gasteiger partial charge is 0.495 e. The van der Waals surface area contributed by atoms with E-state index in [-0.39, 0.29) is 23.0 Å². The molecule has 0 bridgehead atoms. The number of nitrogens with one attached hydrogen (secondary N) is 1. The lowest BCUT2D eigenvalue weighted by Crippen LogP contribution is -2.35. The Morgan fingerprint density at radius 2 is 1.90 bits per heavy atom. The number of carbonyl (C=O) groups is 2. The summed E-state index contributed by atoms with van der Waals surface area (Å²) in [4.78, 5) is 26.4. The van der Waals surface area contributed by atoms with Gasteiger partial charge in [-0.05, 0) is 43.2 Å². The average molecular weight is 416 g/mol.